The molecule has 3 aromatic rings. The van der Waals surface area contributed by atoms with Gasteiger partial charge in [-0.2, -0.15) is 4.98 Å². The smallest absolute Gasteiger partial charge is 0.260 e. The maximum absolute atomic E-state index is 13.2. The third kappa shape index (κ3) is 2.71. The predicted octanol–water partition coefficient (Wildman–Crippen LogP) is 3.92. The molecule has 0 aliphatic heterocycles. The summed E-state index contributed by atoms with van der Waals surface area (Å²) in [6, 6.07) is 7.79. The van der Waals surface area contributed by atoms with Gasteiger partial charge in [-0.3, -0.25) is 0 Å². The minimum atomic E-state index is -0.720. The molecule has 0 atom stereocenters. The van der Waals surface area contributed by atoms with Gasteiger partial charge in [-0.25, -0.2) is 8.78 Å². The van der Waals surface area contributed by atoms with Gasteiger partial charge >= 0.3 is 0 Å². The molecule has 1 heterocycles. The fourth-order valence-corrected chi connectivity index (χ4v) is 2.04. The minimum absolute atomic E-state index is 0.0674. The molecule has 2 aromatic carbocycles. The van der Waals surface area contributed by atoms with Crippen molar-refractivity contribution in [2.75, 3.05) is 5.73 Å². The molecule has 0 radical (unpaired) electrons. The maximum atomic E-state index is 13.2. The van der Waals surface area contributed by atoms with E-state index in [-0.39, 0.29) is 17.3 Å². The second kappa shape index (κ2) is 5.14. The predicted molar refractivity (Wildman–Crippen MR) is 74.5 cm³/mol. The van der Waals surface area contributed by atoms with Crippen LogP contribution in [0.3, 0.4) is 0 Å². The summed E-state index contributed by atoms with van der Waals surface area (Å²) in [6.07, 6.45) is 0. The van der Waals surface area contributed by atoms with Crippen LogP contribution in [0.25, 0.3) is 22.8 Å². The van der Waals surface area contributed by atoms with Crippen LogP contribution in [-0.4, -0.2) is 10.1 Å². The zero-order valence-corrected chi connectivity index (χ0v) is 11.2. The number of nitrogen functional groups attached to an aromatic ring is 1. The van der Waals surface area contributed by atoms with Crippen LogP contribution in [0.1, 0.15) is 0 Å². The van der Waals surface area contributed by atoms with E-state index in [0.717, 1.165) is 18.2 Å². The van der Waals surface area contributed by atoms with Gasteiger partial charge in [0.05, 0.1) is 5.56 Å². The molecule has 0 aliphatic carbocycles. The molecule has 7 heteroatoms. The van der Waals surface area contributed by atoms with Gasteiger partial charge in [0.2, 0.25) is 5.82 Å². The van der Waals surface area contributed by atoms with E-state index >= 15 is 0 Å². The zero-order chi connectivity index (χ0) is 15.0. The van der Waals surface area contributed by atoms with Crippen molar-refractivity contribution < 1.29 is 13.3 Å². The Balaban J connectivity index is 2.03. The average molecular weight is 308 g/mol. The lowest BCUT2D eigenvalue weighted by atomic mass is 10.2. The van der Waals surface area contributed by atoms with E-state index in [2.05, 4.69) is 10.1 Å². The monoisotopic (exact) mass is 307 g/mol. The van der Waals surface area contributed by atoms with Crippen LogP contribution in [0.4, 0.5) is 14.5 Å². The molecule has 0 spiro atoms. The van der Waals surface area contributed by atoms with Gasteiger partial charge in [0, 0.05) is 22.3 Å². The third-order valence-corrected chi connectivity index (χ3v) is 3.03. The van der Waals surface area contributed by atoms with Gasteiger partial charge < -0.3 is 10.3 Å². The lowest BCUT2D eigenvalue weighted by Gasteiger charge is -2.00. The average Bonchev–Trinajstić information content (AvgIpc) is 2.87. The van der Waals surface area contributed by atoms with Crippen molar-refractivity contribution >= 4 is 17.3 Å². The Labute approximate surface area is 123 Å². The number of aromatic nitrogens is 2. The molecule has 0 aliphatic rings. The molecule has 2 N–H and O–H groups in total. The number of halogens is 3. The van der Waals surface area contributed by atoms with Crippen molar-refractivity contribution in [1.82, 2.24) is 10.1 Å². The van der Waals surface area contributed by atoms with E-state index < -0.39 is 11.6 Å². The lowest BCUT2D eigenvalue weighted by molar-refractivity contribution is 0.432. The van der Waals surface area contributed by atoms with E-state index in [1.54, 1.807) is 18.2 Å². The largest absolute Gasteiger partial charge is 0.398 e. The van der Waals surface area contributed by atoms with Gasteiger partial charge in [0.15, 0.2) is 0 Å². The van der Waals surface area contributed by atoms with Crippen molar-refractivity contribution in [3.05, 3.63) is 53.1 Å². The van der Waals surface area contributed by atoms with Gasteiger partial charge in [-0.1, -0.05) is 16.8 Å². The Bertz CT molecular complexity index is 799. The summed E-state index contributed by atoms with van der Waals surface area (Å²) in [5.41, 5.74) is 6.85. The van der Waals surface area contributed by atoms with Crippen LogP contribution in [0, 0.1) is 11.6 Å². The van der Waals surface area contributed by atoms with Crippen LogP contribution in [0.2, 0.25) is 5.02 Å². The number of hydrogen-bond acceptors (Lipinski definition) is 4. The van der Waals surface area contributed by atoms with Crippen LogP contribution in [0.5, 0.6) is 0 Å². The molecule has 0 amide bonds. The second-order valence-corrected chi connectivity index (χ2v) is 4.75. The lowest BCUT2D eigenvalue weighted by Crippen LogP contribution is -1.90. The first-order chi connectivity index (χ1) is 10.0. The van der Waals surface area contributed by atoms with Crippen LogP contribution < -0.4 is 5.73 Å². The molecular weight excluding hydrogens is 300 g/mol. The van der Waals surface area contributed by atoms with Gasteiger partial charge in [0.25, 0.3) is 5.89 Å². The van der Waals surface area contributed by atoms with Crippen molar-refractivity contribution in [2.24, 2.45) is 0 Å². The summed E-state index contributed by atoms with van der Waals surface area (Å²) < 4.78 is 31.5. The van der Waals surface area contributed by atoms with Crippen molar-refractivity contribution in [1.29, 1.82) is 0 Å². The normalized spacial score (nSPS) is 10.8. The molecule has 3 rings (SSSR count). The standard InChI is InChI=1S/C14H8ClF2N3O/c15-8-1-2-11(12(18)5-8)14-19-13(20-21-14)7-3-9(16)6-10(17)4-7/h1-6H,18H2. The summed E-state index contributed by atoms with van der Waals surface area (Å²) >= 11 is 5.81. The summed E-state index contributed by atoms with van der Waals surface area (Å²) in [6.45, 7) is 0. The fraction of sp³-hybridized carbons (Fsp3) is 0. The van der Waals surface area contributed by atoms with Crippen molar-refractivity contribution in [3.8, 4) is 22.8 Å². The number of benzene rings is 2. The first-order valence-corrected chi connectivity index (χ1v) is 6.26. The summed E-state index contributed by atoms with van der Waals surface area (Å²) in [4.78, 5) is 4.09. The summed E-state index contributed by atoms with van der Waals surface area (Å²) in [5.74, 6) is -1.23. The molecule has 0 unspecified atom stereocenters. The molecule has 1 aromatic heterocycles. The van der Waals surface area contributed by atoms with Gasteiger partial charge in [-0.05, 0) is 30.3 Å². The molecule has 0 bridgehead atoms. The van der Waals surface area contributed by atoms with E-state index in [0.29, 0.717) is 16.3 Å². The number of anilines is 1. The van der Waals surface area contributed by atoms with Crippen LogP contribution >= 0.6 is 11.6 Å². The number of nitrogens with zero attached hydrogens (tertiary/aromatic N) is 2. The first-order valence-electron chi connectivity index (χ1n) is 5.88. The molecule has 4 nitrogen and oxygen atoms in total. The minimum Gasteiger partial charge on any atom is -0.398 e. The SMILES string of the molecule is Nc1cc(Cl)ccc1-c1nc(-c2cc(F)cc(F)c2)no1. The van der Waals surface area contributed by atoms with E-state index in [1.807, 2.05) is 0 Å². The van der Waals surface area contributed by atoms with Crippen molar-refractivity contribution in [2.45, 2.75) is 0 Å². The highest BCUT2D eigenvalue weighted by Gasteiger charge is 2.14. The van der Waals surface area contributed by atoms with E-state index in [4.69, 9.17) is 21.9 Å². The Kier molecular flexibility index (Phi) is 3.31. The molecule has 21 heavy (non-hydrogen) atoms. The van der Waals surface area contributed by atoms with E-state index in [9.17, 15) is 8.78 Å². The second-order valence-electron chi connectivity index (χ2n) is 4.31. The van der Waals surface area contributed by atoms with Gasteiger partial charge in [-0.15, -0.1) is 0 Å². The van der Waals surface area contributed by atoms with Crippen LogP contribution in [0.15, 0.2) is 40.9 Å². The summed E-state index contributed by atoms with van der Waals surface area (Å²) in [5, 5.41) is 4.18. The van der Waals surface area contributed by atoms with Crippen LogP contribution in [-0.2, 0) is 0 Å². The Hall–Kier alpha value is -2.47. The quantitative estimate of drug-likeness (QED) is 0.729. The maximum Gasteiger partial charge on any atom is 0.260 e. The highest BCUT2D eigenvalue weighted by atomic mass is 35.5. The van der Waals surface area contributed by atoms with E-state index in [1.165, 1.54) is 0 Å². The summed E-state index contributed by atoms with van der Waals surface area (Å²) in [7, 11) is 0. The number of hydrogen-bond donors (Lipinski definition) is 1. The molecular formula is C14H8ClF2N3O. The highest BCUT2D eigenvalue weighted by molar-refractivity contribution is 6.31. The van der Waals surface area contributed by atoms with Gasteiger partial charge in [0.1, 0.15) is 11.6 Å². The number of rotatable bonds is 2. The Morgan fingerprint density at radius 1 is 1.05 bits per heavy atom. The van der Waals surface area contributed by atoms with Crippen molar-refractivity contribution in [3.63, 3.8) is 0 Å². The highest BCUT2D eigenvalue weighted by Crippen LogP contribution is 2.29. The zero-order valence-electron chi connectivity index (χ0n) is 10.5. The molecule has 0 saturated carbocycles. The molecule has 0 fully saturated rings. The Morgan fingerprint density at radius 2 is 1.76 bits per heavy atom. The topological polar surface area (TPSA) is 64.9 Å². The fourth-order valence-electron chi connectivity index (χ4n) is 1.86. The molecule has 106 valence electrons. The Morgan fingerprint density at radius 3 is 2.43 bits per heavy atom. The first kappa shape index (κ1) is 13.5. The third-order valence-electron chi connectivity index (χ3n) is 2.79. The molecule has 0 saturated heterocycles. The number of nitrogens with two attached hydrogens (primary N) is 1.